The van der Waals surface area contributed by atoms with Crippen molar-refractivity contribution in [2.24, 2.45) is 5.73 Å². The number of rotatable bonds is 2. The molecule has 0 aliphatic heterocycles. The van der Waals surface area contributed by atoms with Crippen LogP contribution in [0.25, 0.3) is 5.57 Å². The van der Waals surface area contributed by atoms with Crippen LogP contribution in [-0.2, 0) is 4.79 Å². The lowest BCUT2D eigenvalue weighted by atomic mass is 10.1. The molecule has 0 aromatic heterocycles. The molecule has 2 N–H and O–H groups in total. The lowest BCUT2D eigenvalue weighted by Gasteiger charge is -2.02. The maximum atomic E-state index is 13.1. The zero-order valence-corrected chi connectivity index (χ0v) is 7.44. The number of halogens is 2. The summed E-state index contributed by atoms with van der Waals surface area (Å²) < 4.78 is 13.1. The van der Waals surface area contributed by atoms with Crippen molar-refractivity contribution < 1.29 is 9.18 Å². The number of carbonyl (C=O) groups excluding carboxylic acids is 1. The predicted molar refractivity (Wildman–Crippen MR) is 49.6 cm³/mol. The van der Waals surface area contributed by atoms with Gasteiger partial charge in [-0.1, -0.05) is 18.2 Å². The molecule has 0 aliphatic rings. The molecule has 0 fully saturated rings. The van der Waals surface area contributed by atoms with Gasteiger partial charge in [0.1, 0.15) is 5.82 Å². The Labute approximate surface area is 79.8 Å². The normalized spacial score (nSPS) is 9.69. The monoisotopic (exact) mass is 199 g/mol. The zero-order valence-electron chi connectivity index (χ0n) is 6.68. The minimum atomic E-state index is -0.749. The van der Waals surface area contributed by atoms with Gasteiger partial charge in [0.2, 0.25) is 5.91 Å². The van der Waals surface area contributed by atoms with Crippen LogP contribution in [0.15, 0.2) is 24.8 Å². The lowest BCUT2D eigenvalue weighted by Crippen LogP contribution is -2.12. The van der Waals surface area contributed by atoms with Crippen molar-refractivity contribution in [3.05, 3.63) is 41.2 Å². The van der Waals surface area contributed by atoms with Crippen LogP contribution in [-0.4, -0.2) is 5.91 Å². The van der Waals surface area contributed by atoms with Crippen LogP contribution < -0.4 is 5.73 Å². The maximum absolute atomic E-state index is 13.1. The first-order valence-electron chi connectivity index (χ1n) is 3.46. The van der Waals surface area contributed by atoms with Gasteiger partial charge in [-0.05, 0) is 18.2 Å². The van der Waals surface area contributed by atoms with E-state index in [1.54, 1.807) is 0 Å². The van der Waals surface area contributed by atoms with Crippen LogP contribution in [0.3, 0.4) is 0 Å². The minimum Gasteiger partial charge on any atom is -0.366 e. The third-order valence-corrected chi connectivity index (χ3v) is 1.79. The highest BCUT2D eigenvalue weighted by atomic mass is 35.5. The summed E-state index contributed by atoms with van der Waals surface area (Å²) in [5, 5.41) is 0.263. The molecule has 0 heterocycles. The minimum absolute atomic E-state index is 0.0610. The molecule has 0 atom stereocenters. The van der Waals surface area contributed by atoms with E-state index in [9.17, 15) is 9.18 Å². The first kappa shape index (κ1) is 9.74. The van der Waals surface area contributed by atoms with Crippen LogP contribution in [0.4, 0.5) is 4.39 Å². The number of hydrogen-bond donors (Lipinski definition) is 1. The van der Waals surface area contributed by atoms with Gasteiger partial charge < -0.3 is 5.73 Å². The molecule has 0 spiro atoms. The highest BCUT2D eigenvalue weighted by molar-refractivity contribution is 6.30. The molecular weight excluding hydrogens is 193 g/mol. The molecule has 0 saturated heterocycles. The Bertz CT molecular complexity index is 376. The topological polar surface area (TPSA) is 43.1 Å². The van der Waals surface area contributed by atoms with Gasteiger partial charge in [-0.15, -0.1) is 0 Å². The Morgan fingerprint density at radius 3 is 2.62 bits per heavy atom. The van der Waals surface area contributed by atoms with E-state index in [0.29, 0.717) is 0 Å². The number of amides is 1. The smallest absolute Gasteiger partial charge is 0.248 e. The first-order valence-corrected chi connectivity index (χ1v) is 3.84. The predicted octanol–water partition coefficient (Wildman–Crippen LogP) is 1.98. The summed E-state index contributed by atoms with van der Waals surface area (Å²) in [4.78, 5) is 10.7. The second kappa shape index (κ2) is 3.58. The van der Waals surface area contributed by atoms with Crippen LogP contribution in [0.1, 0.15) is 5.56 Å². The van der Waals surface area contributed by atoms with E-state index in [1.165, 1.54) is 12.1 Å². The largest absolute Gasteiger partial charge is 0.366 e. The SMILES string of the molecule is C=C(C(N)=O)c1ccc(Cl)cc1F. The summed E-state index contributed by atoms with van der Waals surface area (Å²) in [7, 11) is 0. The Hall–Kier alpha value is -1.35. The molecule has 0 aliphatic carbocycles. The molecule has 0 unspecified atom stereocenters. The van der Waals surface area contributed by atoms with E-state index in [1.807, 2.05) is 0 Å². The van der Waals surface area contributed by atoms with Crippen LogP contribution in [0.5, 0.6) is 0 Å². The van der Waals surface area contributed by atoms with Crippen molar-refractivity contribution in [2.75, 3.05) is 0 Å². The summed E-state index contributed by atoms with van der Waals surface area (Å²) in [6.07, 6.45) is 0. The van der Waals surface area contributed by atoms with Gasteiger partial charge in [0.15, 0.2) is 0 Å². The fraction of sp³-hybridized carbons (Fsp3) is 0. The van der Waals surface area contributed by atoms with Gasteiger partial charge >= 0.3 is 0 Å². The van der Waals surface area contributed by atoms with E-state index in [0.717, 1.165) is 6.07 Å². The number of benzene rings is 1. The molecule has 1 aromatic rings. The molecule has 68 valence electrons. The molecule has 1 aromatic carbocycles. The van der Waals surface area contributed by atoms with Gasteiger partial charge in [-0.25, -0.2) is 4.39 Å². The molecule has 0 bridgehead atoms. The molecule has 13 heavy (non-hydrogen) atoms. The Morgan fingerprint density at radius 2 is 2.15 bits per heavy atom. The molecule has 4 heteroatoms. The number of carbonyl (C=O) groups is 1. The average molecular weight is 200 g/mol. The van der Waals surface area contributed by atoms with Crippen molar-refractivity contribution in [1.29, 1.82) is 0 Å². The quantitative estimate of drug-likeness (QED) is 0.728. The Balaban J connectivity index is 3.16. The molecular formula is C9H7ClFNO. The van der Waals surface area contributed by atoms with E-state index >= 15 is 0 Å². The number of nitrogens with two attached hydrogens (primary N) is 1. The summed E-state index contributed by atoms with van der Waals surface area (Å²) in [5.74, 6) is -1.35. The van der Waals surface area contributed by atoms with Crippen LogP contribution in [0, 0.1) is 5.82 Å². The average Bonchev–Trinajstić information content (AvgIpc) is 2.03. The second-order valence-electron chi connectivity index (χ2n) is 2.47. The Morgan fingerprint density at radius 1 is 1.54 bits per heavy atom. The maximum Gasteiger partial charge on any atom is 0.248 e. The third-order valence-electron chi connectivity index (χ3n) is 1.55. The molecule has 0 radical (unpaired) electrons. The van der Waals surface area contributed by atoms with E-state index in [2.05, 4.69) is 6.58 Å². The summed E-state index contributed by atoms with van der Waals surface area (Å²) in [6, 6.07) is 3.93. The fourth-order valence-electron chi connectivity index (χ4n) is 0.867. The third kappa shape index (κ3) is 2.06. The standard InChI is InChI=1S/C9H7ClFNO/c1-5(9(12)13)7-3-2-6(10)4-8(7)11/h2-4H,1H2,(H2,12,13). The van der Waals surface area contributed by atoms with Crippen molar-refractivity contribution in [3.63, 3.8) is 0 Å². The molecule has 0 saturated carbocycles. The fourth-order valence-corrected chi connectivity index (χ4v) is 1.03. The van der Waals surface area contributed by atoms with Crippen molar-refractivity contribution >= 4 is 23.1 Å². The van der Waals surface area contributed by atoms with Gasteiger partial charge in [-0.2, -0.15) is 0 Å². The van der Waals surface area contributed by atoms with Gasteiger partial charge in [0, 0.05) is 16.2 Å². The molecule has 1 amide bonds. The van der Waals surface area contributed by atoms with Gasteiger partial charge in [0.05, 0.1) is 0 Å². The first-order chi connectivity index (χ1) is 6.02. The summed E-state index contributed by atoms with van der Waals surface area (Å²) in [5.41, 5.74) is 4.96. The van der Waals surface area contributed by atoms with E-state index < -0.39 is 11.7 Å². The van der Waals surface area contributed by atoms with Crippen molar-refractivity contribution in [2.45, 2.75) is 0 Å². The summed E-state index contributed by atoms with van der Waals surface area (Å²) in [6.45, 7) is 3.36. The lowest BCUT2D eigenvalue weighted by molar-refractivity contribution is -0.112. The van der Waals surface area contributed by atoms with Gasteiger partial charge in [-0.3, -0.25) is 4.79 Å². The van der Waals surface area contributed by atoms with E-state index in [4.69, 9.17) is 17.3 Å². The second-order valence-corrected chi connectivity index (χ2v) is 2.90. The van der Waals surface area contributed by atoms with Gasteiger partial charge in [0.25, 0.3) is 0 Å². The number of hydrogen-bond acceptors (Lipinski definition) is 1. The summed E-state index contributed by atoms with van der Waals surface area (Å²) >= 11 is 5.52. The highest BCUT2D eigenvalue weighted by Gasteiger charge is 2.10. The Kier molecular flexibility index (Phi) is 2.68. The molecule has 1 rings (SSSR count). The zero-order chi connectivity index (χ0) is 10.0. The van der Waals surface area contributed by atoms with Crippen LogP contribution >= 0.6 is 11.6 Å². The van der Waals surface area contributed by atoms with Crippen molar-refractivity contribution in [3.8, 4) is 0 Å². The van der Waals surface area contributed by atoms with Crippen molar-refractivity contribution in [1.82, 2.24) is 0 Å². The number of primary amides is 1. The molecule has 2 nitrogen and oxygen atoms in total. The van der Waals surface area contributed by atoms with Crippen LogP contribution in [0.2, 0.25) is 5.02 Å². The van der Waals surface area contributed by atoms with E-state index in [-0.39, 0.29) is 16.2 Å². The highest BCUT2D eigenvalue weighted by Crippen LogP contribution is 2.19.